The summed E-state index contributed by atoms with van der Waals surface area (Å²) >= 11 is 0. The molecule has 0 saturated heterocycles. The third kappa shape index (κ3) is 8.92. The Bertz CT molecular complexity index is 461. The number of alkyl halides is 1. The molecule has 2 unspecified atom stereocenters. The molecule has 0 aromatic rings. The number of carbonyl (C=O) groups is 1. The summed E-state index contributed by atoms with van der Waals surface area (Å²) in [5, 5.41) is 0. The fourth-order valence-electron chi connectivity index (χ4n) is 4.41. The Morgan fingerprint density at radius 1 is 1.15 bits per heavy atom. The summed E-state index contributed by atoms with van der Waals surface area (Å²) in [7, 11) is -1.51. The van der Waals surface area contributed by atoms with Gasteiger partial charge in [-0.25, -0.2) is 0 Å². The molecule has 0 aliphatic heterocycles. The van der Waals surface area contributed by atoms with Crippen molar-refractivity contribution in [3.63, 3.8) is 0 Å². The van der Waals surface area contributed by atoms with Crippen LogP contribution in [0.15, 0.2) is 0 Å². The third-order valence-corrected chi connectivity index (χ3v) is 16.4. The van der Waals surface area contributed by atoms with Crippen molar-refractivity contribution in [2.45, 2.75) is 108 Å². The summed E-state index contributed by atoms with van der Waals surface area (Å²) in [6.45, 7) is 14.0. The molecular formula is C20H43FNO2Si3. The minimum atomic E-state index is -1.53. The van der Waals surface area contributed by atoms with Crippen molar-refractivity contribution in [3.05, 3.63) is 0 Å². The molecule has 1 aliphatic carbocycles. The molecule has 1 saturated carbocycles. The van der Waals surface area contributed by atoms with Gasteiger partial charge in [-0.1, -0.05) is 32.0 Å². The van der Waals surface area contributed by atoms with E-state index in [1.807, 2.05) is 11.9 Å². The Morgan fingerprint density at radius 3 is 2.41 bits per heavy atom. The quantitative estimate of drug-likeness (QED) is 0.292. The number of nitrogens with zero attached hydrogens (tertiary/aromatic N) is 1. The van der Waals surface area contributed by atoms with Crippen LogP contribution in [0, 0.1) is 0 Å². The standard InChI is InChI=1S/C20H43FNO2Si3/c1-22(20(23)13-8-9-14-21)18-11-10-12-19(17-18)26(4,5)15-16-27(6,7)24-25(2)3/h18-19H,8-17H2,1-7H3. The van der Waals surface area contributed by atoms with Crippen LogP contribution in [0.1, 0.15) is 44.9 Å². The number of halogens is 1. The van der Waals surface area contributed by atoms with Crippen LogP contribution in [0.5, 0.6) is 0 Å². The Morgan fingerprint density at radius 2 is 1.81 bits per heavy atom. The van der Waals surface area contributed by atoms with Gasteiger partial charge in [0.15, 0.2) is 17.4 Å². The van der Waals surface area contributed by atoms with Crippen molar-refractivity contribution in [1.29, 1.82) is 0 Å². The molecule has 27 heavy (non-hydrogen) atoms. The van der Waals surface area contributed by atoms with Gasteiger partial charge >= 0.3 is 0 Å². The lowest BCUT2D eigenvalue weighted by Crippen LogP contribution is -2.45. The lowest BCUT2D eigenvalue weighted by atomic mass is 9.93. The van der Waals surface area contributed by atoms with Crippen molar-refractivity contribution < 1.29 is 13.3 Å². The summed E-state index contributed by atoms with van der Waals surface area (Å²) in [6, 6.07) is 3.02. The molecule has 3 nitrogen and oxygen atoms in total. The highest BCUT2D eigenvalue weighted by molar-refractivity contribution is 6.83. The van der Waals surface area contributed by atoms with Crippen molar-refractivity contribution in [1.82, 2.24) is 4.90 Å². The molecule has 0 spiro atoms. The smallest absolute Gasteiger partial charge is 0.222 e. The van der Waals surface area contributed by atoms with E-state index in [1.54, 1.807) is 0 Å². The molecule has 2 atom stereocenters. The monoisotopic (exact) mass is 432 g/mol. The summed E-state index contributed by atoms with van der Waals surface area (Å²) in [5.74, 6) is 0.205. The van der Waals surface area contributed by atoms with Gasteiger partial charge in [-0.05, 0) is 63.5 Å². The normalized spacial score (nSPS) is 21.5. The lowest BCUT2D eigenvalue weighted by Gasteiger charge is -2.42. The molecule has 0 bridgehead atoms. The van der Waals surface area contributed by atoms with Gasteiger partial charge in [0.1, 0.15) is 0 Å². The van der Waals surface area contributed by atoms with E-state index < -0.39 is 25.4 Å². The number of rotatable bonds is 11. The van der Waals surface area contributed by atoms with E-state index in [-0.39, 0.29) is 12.6 Å². The van der Waals surface area contributed by atoms with Crippen LogP contribution in [-0.2, 0) is 8.91 Å². The van der Waals surface area contributed by atoms with Crippen LogP contribution >= 0.6 is 0 Å². The van der Waals surface area contributed by atoms with Gasteiger partial charge in [0.25, 0.3) is 0 Å². The molecule has 159 valence electrons. The zero-order valence-electron chi connectivity index (χ0n) is 18.9. The van der Waals surface area contributed by atoms with E-state index in [0.717, 1.165) is 12.0 Å². The maximum absolute atomic E-state index is 12.4. The molecule has 0 aromatic carbocycles. The number of hydrogen-bond donors (Lipinski definition) is 0. The topological polar surface area (TPSA) is 29.5 Å². The van der Waals surface area contributed by atoms with Crippen LogP contribution in [0.25, 0.3) is 0 Å². The van der Waals surface area contributed by atoms with Crippen LogP contribution in [-0.4, -0.2) is 56.0 Å². The average Bonchev–Trinajstić information content (AvgIpc) is 2.59. The SMILES string of the molecule is CN(C(=O)CCCCF)C1CCCC([Si](C)(C)CC[Si](C)(C)O[Si](C)C)C1. The van der Waals surface area contributed by atoms with Gasteiger partial charge in [0, 0.05) is 19.5 Å². The Kier molecular flexibility index (Phi) is 10.4. The van der Waals surface area contributed by atoms with Crippen LogP contribution in [0.2, 0.25) is 56.9 Å². The van der Waals surface area contributed by atoms with Crippen molar-refractivity contribution in [3.8, 4) is 0 Å². The van der Waals surface area contributed by atoms with E-state index in [9.17, 15) is 9.18 Å². The summed E-state index contributed by atoms with van der Waals surface area (Å²) in [4.78, 5) is 14.4. The first-order chi connectivity index (χ1) is 12.5. The van der Waals surface area contributed by atoms with Gasteiger partial charge in [-0.3, -0.25) is 9.18 Å². The van der Waals surface area contributed by atoms with Gasteiger partial charge in [0.05, 0.1) is 14.7 Å². The Balaban J connectivity index is 2.59. The second kappa shape index (κ2) is 11.3. The zero-order chi connectivity index (χ0) is 20.7. The highest BCUT2D eigenvalue weighted by atomic mass is 28.4. The van der Waals surface area contributed by atoms with E-state index in [1.165, 1.54) is 31.4 Å². The second-order valence-corrected chi connectivity index (χ2v) is 21.9. The van der Waals surface area contributed by atoms with Crippen LogP contribution in [0.3, 0.4) is 0 Å². The number of unbranched alkanes of at least 4 members (excludes halogenated alkanes) is 1. The summed E-state index contributed by atoms with van der Waals surface area (Å²) < 4.78 is 18.6. The first-order valence-electron chi connectivity index (χ1n) is 10.8. The van der Waals surface area contributed by atoms with E-state index in [0.29, 0.717) is 25.3 Å². The van der Waals surface area contributed by atoms with Crippen molar-refractivity contribution in [2.75, 3.05) is 13.7 Å². The Hall–Kier alpha value is 0.0106. The van der Waals surface area contributed by atoms with E-state index in [4.69, 9.17) is 4.12 Å². The number of hydrogen-bond acceptors (Lipinski definition) is 2. The highest BCUT2D eigenvalue weighted by Gasteiger charge is 2.38. The van der Waals surface area contributed by atoms with Gasteiger partial charge < -0.3 is 9.02 Å². The van der Waals surface area contributed by atoms with Crippen molar-refractivity contribution >= 4 is 31.3 Å². The number of amides is 1. The molecule has 1 amide bonds. The molecule has 0 N–H and O–H groups in total. The fourth-order valence-corrected chi connectivity index (χ4v) is 16.5. The summed E-state index contributed by atoms with van der Waals surface area (Å²) in [6.07, 6.45) is 6.55. The van der Waals surface area contributed by atoms with Gasteiger partial charge in [0.2, 0.25) is 5.91 Å². The van der Waals surface area contributed by atoms with Crippen LogP contribution in [0.4, 0.5) is 4.39 Å². The zero-order valence-corrected chi connectivity index (χ0v) is 21.9. The lowest BCUT2D eigenvalue weighted by molar-refractivity contribution is -0.132. The van der Waals surface area contributed by atoms with Gasteiger partial charge in [-0.15, -0.1) is 0 Å². The maximum Gasteiger partial charge on any atom is 0.222 e. The molecular weight excluding hydrogens is 389 g/mol. The Labute approximate surface area is 171 Å². The predicted octanol–water partition coefficient (Wildman–Crippen LogP) is 6.08. The molecule has 1 rings (SSSR count). The van der Waals surface area contributed by atoms with Gasteiger partial charge in [-0.2, -0.15) is 0 Å². The van der Waals surface area contributed by atoms with E-state index in [2.05, 4.69) is 39.3 Å². The van der Waals surface area contributed by atoms with E-state index >= 15 is 0 Å². The minimum absolute atomic E-state index is 0.205. The molecule has 0 heterocycles. The first kappa shape index (κ1) is 25.0. The molecule has 1 aliphatic rings. The largest absolute Gasteiger partial charge is 0.456 e. The fraction of sp³-hybridized carbons (Fsp3) is 0.950. The maximum atomic E-state index is 12.4. The van der Waals surface area contributed by atoms with Crippen molar-refractivity contribution in [2.24, 2.45) is 0 Å². The average molecular weight is 433 g/mol. The molecule has 7 heteroatoms. The third-order valence-electron chi connectivity index (χ3n) is 6.32. The second-order valence-electron chi connectivity index (χ2n) is 9.93. The summed E-state index contributed by atoms with van der Waals surface area (Å²) in [5.41, 5.74) is 0.801. The molecule has 1 fully saturated rings. The first-order valence-corrected chi connectivity index (χ1v) is 19.6. The van der Waals surface area contributed by atoms with Crippen LogP contribution < -0.4 is 0 Å². The predicted molar refractivity (Wildman–Crippen MR) is 122 cm³/mol. The molecule has 1 radical (unpaired) electrons. The highest BCUT2D eigenvalue weighted by Crippen LogP contribution is 2.42. The molecule has 0 aromatic heterocycles. The minimum Gasteiger partial charge on any atom is -0.456 e. The number of carbonyl (C=O) groups excluding carboxylic acids is 1.